The number of carbonyl (C=O) groups is 2. The maximum atomic E-state index is 12.0. The number of ether oxygens (including phenoxy) is 4. The predicted octanol–water partition coefficient (Wildman–Crippen LogP) is 0.429. The fraction of sp³-hybridized carbons (Fsp3) is 0.909. The van der Waals surface area contributed by atoms with E-state index in [9.17, 15) is 18.7 Å². The summed E-state index contributed by atoms with van der Waals surface area (Å²) in [4.78, 5) is 49.6. The first-order valence-corrected chi connectivity index (χ1v) is 17.1. The van der Waals surface area contributed by atoms with Crippen molar-refractivity contribution in [2.75, 3.05) is 71.8 Å². The Morgan fingerprint density at radius 2 is 1.66 bits per heavy atom. The van der Waals surface area contributed by atoms with Gasteiger partial charge < -0.3 is 44.7 Å². The highest BCUT2D eigenvalue weighted by atomic mass is 32.2. The van der Waals surface area contributed by atoms with E-state index in [0.29, 0.717) is 57.7 Å². The van der Waals surface area contributed by atoms with Crippen LogP contribution in [-0.2, 0) is 41.9 Å². The highest BCUT2D eigenvalue weighted by molar-refractivity contribution is 8.00. The highest BCUT2D eigenvalue weighted by Gasteiger charge is 2.42. The van der Waals surface area contributed by atoms with E-state index in [-0.39, 0.29) is 43.8 Å². The zero-order valence-electron chi connectivity index (χ0n) is 22.8. The third-order valence-electron chi connectivity index (χ3n) is 5.96. The van der Waals surface area contributed by atoms with Crippen LogP contribution in [0.2, 0.25) is 0 Å². The summed E-state index contributed by atoms with van der Waals surface area (Å²) in [7, 11) is -7.72. The van der Waals surface area contributed by atoms with E-state index in [2.05, 4.69) is 25.0 Å². The van der Waals surface area contributed by atoms with Gasteiger partial charge in [-0.25, -0.2) is 9.36 Å². The largest absolute Gasteiger partial charge is 0.695 e. The number of thioether (sulfide) groups is 1. The molecule has 0 bridgehead atoms. The normalized spacial score (nSPS) is 21.3. The van der Waals surface area contributed by atoms with Crippen LogP contribution in [0.1, 0.15) is 32.1 Å². The van der Waals surface area contributed by atoms with Gasteiger partial charge in [-0.05, 0) is 19.3 Å². The summed E-state index contributed by atoms with van der Waals surface area (Å²) in [5, 5.41) is 9.24. The first-order valence-electron chi connectivity index (χ1n) is 13.4. The van der Waals surface area contributed by atoms with Crippen molar-refractivity contribution >= 4 is 39.8 Å². The molecule has 0 spiro atoms. The number of urea groups is 1. The van der Waals surface area contributed by atoms with Crippen molar-refractivity contribution in [3.05, 3.63) is 0 Å². The van der Waals surface area contributed by atoms with Crippen LogP contribution in [0.3, 0.4) is 0 Å². The van der Waals surface area contributed by atoms with Crippen molar-refractivity contribution in [1.82, 2.24) is 16.0 Å². The fourth-order valence-electron chi connectivity index (χ4n) is 4.06. The second-order valence-corrected chi connectivity index (χ2v) is 12.4. The van der Waals surface area contributed by atoms with Gasteiger partial charge in [0.1, 0.15) is 0 Å². The first-order chi connectivity index (χ1) is 19.6. The van der Waals surface area contributed by atoms with E-state index in [1.165, 1.54) is 0 Å². The number of hydrogen-bond donors (Lipinski definition) is 6. The molecule has 5 unspecified atom stereocenters. The summed E-state index contributed by atoms with van der Waals surface area (Å²) >= 11 is 1.88. The lowest BCUT2D eigenvalue weighted by Gasteiger charge is -2.16. The van der Waals surface area contributed by atoms with Crippen molar-refractivity contribution < 1.29 is 61.4 Å². The van der Waals surface area contributed by atoms with E-state index in [0.717, 1.165) is 25.0 Å². The number of fused-ring (bicyclic) bond motifs is 1. The lowest BCUT2D eigenvalue weighted by atomic mass is 10.0. The van der Waals surface area contributed by atoms with Gasteiger partial charge >= 0.3 is 22.1 Å². The number of rotatable bonds is 25. The van der Waals surface area contributed by atoms with Gasteiger partial charge in [0.15, 0.2) is 6.10 Å². The minimum absolute atomic E-state index is 0.0376. The second kappa shape index (κ2) is 20.9. The van der Waals surface area contributed by atoms with Crippen LogP contribution in [0.25, 0.3) is 0 Å². The molecule has 19 heteroatoms. The smallest absolute Gasteiger partial charge is 0.379 e. The van der Waals surface area contributed by atoms with E-state index >= 15 is 0 Å². The molecule has 6 N–H and O–H groups in total. The van der Waals surface area contributed by atoms with Crippen molar-refractivity contribution in [3.8, 4) is 0 Å². The maximum Gasteiger partial charge on any atom is 0.695 e. The molecule has 2 rings (SSSR count). The molecule has 2 heterocycles. The van der Waals surface area contributed by atoms with Gasteiger partial charge in [0.05, 0.1) is 64.9 Å². The molecule has 16 nitrogen and oxygen atoms in total. The van der Waals surface area contributed by atoms with E-state index in [4.69, 9.17) is 33.6 Å². The summed E-state index contributed by atoms with van der Waals surface area (Å²) in [5.74, 6) is 0.980. The maximum absolute atomic E-state index is 12.0. The number of phosphoric acid groups is 1. The van der Waals surface area contributed by atoms with Crippen molar-refractivity contribution in [3.63, 3.8) is 0 Å². The van der Waals surface area contributed by atoms with E-state index in [1.807, 2.05) is 11.8 Å². The number of nitrogens with one attached hydrogen (secondary N) is 3. The molecule has 0 aromatic carbocycles. The molecule has 238 valence electrons. The summed E-state index contributed by atoms with van der Waals surface area (Å²) < 4.78 is 51.7. The molecule has 5 atom stereocenters. The highest BCUT2D eigenvalue weighted by Crippen LogP contribution is 2.36. The summed E-state index contributed by atoms with van der Waals surface area (Å²) in [6.45, 7) is 2.03. The molecular weight excluding hydrogens is 608 g/mol. The SMILES string of the molecule is O=C(CCCCC1SCC2NC(=O)NC21)NCCCOCCOCCOCCOCC(COP(=O)(O)O)O[P+](=O)O. The zero-order valence-corrected chi connectivity index (χ0v) is 25.5. The lowest BCUT2D eigenvalue weighted by Crippen LogP contribution is -2.36. The predicted molar refractivity (Wildman–Crippen MR) is 148 cm³/mol. The quantitative estimate of drug-likeness (QED) is 0.0448. The van der Waals surface area contributed by atoms with Crippen LogP contribution in [0.4, 0.5) is 4.79 Å². The molecule has 0 aromatic heterocycles. The van der Waals surface area contributed by atoms with Crippen molar-refractivity contribution in [1.29, 1.82) is 0 Å². The van der Waals surface area contributed by atoms with Crippen molar-refractivity contribution in [2.24, 2.45) is 0 Å². The minimum atomic E-state index is -4.74. The van der Waals surface area contributed by atoms with Crippen LogP contribution < -0.4 is 16.0 Å². The average Bonchev–Trinajstić information content (AvgIpc) is 3.45. The molecule has 2 fully saturated rings. The summed E-state index contributed by atoms with van der Waals surface area (Å²) in [6.07, 6.45) is 2.85. The molecule has 3 amide bonds. The van der Waals surface area contributed by atoms with Crippen LogP contribution in [-0.4, -0.2) is 122 Å². The third kappa shape index (κ3) is 17.7. The van der Waals surface area contributed by atoms with Gasteiger partial charge in [-0.2, -0.15) is 11.8 Å². The Hall–Kier alpha value is -0.940. The van der Waals surface area contributed by atoms with E-state index in [1.54, 1.807) is 0 Å². The number of hydrogen-bond acceptors (Lipinski definition) is 11. The van der Waals surface area contributed by atoms with Gasteiger partial charge in [-0.3, -0.25) is 9.32 Å². The van der Waals surface area contributed by atoms with Crippen LogP contribution in [0, 0.1) is 0 Å². The molecule has 2 saturated heterocycles. The lowest BCUT2D eigenvalue weighted by molar-refractivity contribution is -0.121. The molecule has 41 heavy (non-hydrogen) atoms. The Kier molecular flexibility index (Phi) is 18.5. The zero-order chi connectivity index (χ0) is 29.9. The number of amides is 3. The third-order valence-corrected chi connectivity index (χ3v) is 8.43. The molecule has 0 radical (unpaired) electrons. The minimum Gasteiger partial charge on any atom is -0.379 e. The number of phosphoric ester groups is 1. The Morgan fingerprint density at radius 3 is 2.32 bits per heavy atom. The average molecular weight is 651 g/mol. The molecule has 0 saturated carbocycles. The van der Waals surface area contributed by atoms with Crippen LogP contribution >= 0.6 is 27.8 Å². The van der Waals surface area contributed by atoms with Crippen LogP contribution in [0.5, 0.6) is 0 Å². The summed E-state index contributed by atoms with van der Waals surface area (Å²) in [6, 6.07) is 0.358. The number of unbranched alkanes of at least 4 members (excludes halogenated alkanes) is 1. The number of carbonyl (C=O) groups excluding carboxylic acids is 2. The van der Waals surface area contributed by atoms with E-state index < -0.39 is 28.8 Å². The molecule has 2 aliphatic heterocycles. The van der Waals surface area contributed by atoms with Gasteiger partial charge in [-0.1, -0.05) is 6.42 Å². The second-order valence-electron chi connectivity index (χ2n) is 9.23. The van der Waals surface area contributed by atoms with Gasteiger partial charge in [0.25, 0.3) is 0 Å². The van der Waals surface area contributed by atoms with Crippen molar-refractivity contribution in [2.45, 2.75) is 55.5 Å². The van der Waals surface area contributed by atoms with Gasteiger partial charge in [0.2, 0.25) is 5.91 Å². The molecular formula is C22H42N3O13P2S+. The van der Waals surface area contributed by atoms with Gasteiger partial charge in [-0.15, -0.1) is 9.42 Å². The first kappa shape index (κ1) is 36.3. The topological polar surface area (TPSA) is 220 Å². The summed E-state index contributed by atoms with van der Waals surface area (Å²) in [5.41, 5.74) is 0. The Bertz CT molecular complexity index is 841. The molecule has 0 aromatic rings. The van der Waals surface area contributed by atoms with Crippen LogP contribution in [0.15, 0.2) is 0 Å². The Balaban J connectivity index is 1.30. The Morgan fingerprint density at radius 1 is 1.00 bits per heavy atom. The van der Waals surface area contributed by atoms with Gasteiger partial charge in [0, 0.05) is 35.1 Å². The molecule has 0 aliphatic carbocycles. The Labute approximate surface area is 244 Å². The monoisotopic (exact) mass is 650 g/mol. The fourth-order valence-corrected chi connectivity index (χ4v) is 6.34. The standard InChI is InChI=1S/C22H41N3O13P2S/c26-20(5-2-1-4-19-21-18(16-41-19)24-22(27)25-21)23-6-3-7-33-8-9-34-10-11-35-12-13-36-14-17(38-39(28)29)15-37-40(30,31)32/h17-19,21H,1-16H2,(H5-,23,24,25,26,27,28,29,30,31,32)/p+1. The molecule has 2 aliphatic rings.